The van der Waals surface area contributed by atoms with E-state index in [1.807, 2.05) is 6.07 Å². The molecule has 1 aromatic carbocycles. The lowest BCUT2D eigenvalue weighted by Gasteiger charge is -2.12. The molecule has 1 atom stereocenters. The molecule has 4 nitrogen and oxygen atoms in total. The minimum Gasteiger partial charge on any atom is -0.276 e. The first-order valence-corrected chi connectivity index (χ1v) is 8.47. The lowest BCUT2D eigenvalue weighted by molar-refractivity contribution is -0.137. The molecule has 1 aromatic heterocycles. The molecule has 23 heavy (non-hydrogen) atoms. The Balaban J connectivity index is 2.67. The molecule has 0 aliphatic carbocycles. The maximum atomic E-state index is 12.8. The fourth-order valence-corrected chi connectivity index (χ4v) is 3.35. The first-order chi connectivity index (χ1) is 10.6. The molecule has 1 heterocycles. The second-order valence-electron chi connectivity index (χ2n) is 4.57. The van der Waals surface area contributed by atoms with Crippen LogP contribution in [0, 0.1) is 11.3 Å². The summed E-state index contributed by atoms with van der Waals surface area (Å²) in [4.78, 5) is 0. The van der Waals surface area contributed by atoms with E-state index in [0.717, 1.165) is 12.1 Å². The molecule has 0 amide bonds. The zero-order valence-corrected chi connectivity index (χ0v) is 13.8. The van der Waals surface area contributed by atoms with E-state index in [9.17, 15) is 17.4 Å². The highest BCUT2D eigenvalue weighted by Crippen LogP contribution is 2.41. The topological polar surface area (TPSA) is 69.5 Å². The van der Waals surface area contributed by atoms with Crippen molar-refractivity contribution in [3.63, 3.8) is 0 Å². The lowest BCUT2D eigenvalue weighted by atomic mass is 10.0. The van der Waals surface area contributed by atoms with E-state index in [2.05, 4.69) is 10.2 Å². The monoisotopic (exact) mass is 381 g/mol. The number of benzene rings is 1. The van der Waals surface area contributed by atoms with Crippen molar-refractivity contribution in [2.24, 2.45) is 0 Å². The van der Waals surface area contributed by atoms with Gasteiger partial charge in [-0.2, -0.15) is 23.5 Å². The van der Waals surface area contributed by atoms with Crippen LogP contribution in [0.15, 0.2) is 12.1 Å². The quantitative estimate of drug-likeness (QED) is 0.867. The Labute approximate surface area is 141 Å². The molecular formula is C13H8Cl2F3N3OS. The number of aromatic amines is 1. The highest BCUT2D eigenvalue weighted by molar-refractivity contribution is 7.83. The summed E-state index contributed by atoms with van der Waals surface area (Å²) < 4.78 is 49.8. The van der Waals surface area contributed by atoms with E-state index < -0.39 is 22.5 Å². The van der Waals surface area contributed by atoms with Crippen molar-refractivity contribution in [3.8, 4) is 17.3 Å². The summed E-state index contributed by atoms with van der Waals surface area (Å²) in [5.74, 6) is -0.0115. The molecule has 0 radical (unpaired) electrons. The first-order valence-electron chi connectivity index (χ1n) is 5.99. The summed E-state index contributed by atoms with van der Waals surface area (Å²) in [5, 5.41) is 14.8. The van der Waals surface area contributed by atoms with Crippen LogP contribution < -0.4 is 0 Å². The van der Waals surface area contributed by atoms with Crippen molar-refractivity contribution in [3.05, 3.63) is 39.0 Å². The highest BCUT2D eigenvalue weighted by Gasteiger charge is 2.32. The van der Waals surface area contributed by atoms with Gasteiger partial charge in [0.05, 0.1) is 27.1 Å². The number of nitrogens with one attached hydrogen (secondary N) is 1. The number of halogens is 5. The van der Waals surface area contributed by atoms with Crippen molar-refractivity contribution >= 4 is 34.0 Å². The minimum absolute atomic E-state index is 0.0115. The largest absolute Gasteiger partial charge is 0.416 e. The summed E-state index contributed by atoms with van der Waals surface area (Å²) >= 11 is 11.9. The van der Waals surface area contributed by atoms with Gasteiger partial charge in [0.25, 0.3) is 0 Å². The second kappa shape index (κ2) is 6.51. The number of alkyl halides is 3. The molecule has 2 rings (SSSR count). The SMILES string of the molecule is CS(=O)Cc1c(C#N)n[nH]c1-c1c(Cl)cc(C(F)(F)F)cc1Cl. The number of rotatable bonds is 3. The van der Waals surface area contributed by atoms with Crippen LogP contribution in [0.4, 0.5) is 13.2 Å². The van der Waals surface area contributed by atoms with E-state index in [0.29, 0.717) is 0 Å². The summed E-state index contributed by atoms with van der Waals surface area (Å²) in [6.07, 6.45) is -3.17. The predicted molar refractivity (Wildman–Crippen MR) is 81.5 cm³/mol. The van der Waals surface area contributed by atoms with Crippen molar-refractivity contribution in [1.82, 2.24) is 10.2 Å². The average Bonchev–Trinajstić information content (AvgIpc) is 2.79. The number of nitriles is 1. The van der Waals surface area contributed by atoms with Gasteiger partial charge in [0.2, 0.25) is 0 Å². The molecule has 0 bridgehead atoms. The lowest BCUT2D eigenvalue weighted by Crippen LogP contribution is -2.05. The van der Waals surface area contributed by atoms with Crippen LogP contribution in [0.3, 0.4) is 0 Å². The molecule has 0 fully saturated rings. The normalized spacial score (nSPS) is 12.9. The Kier molecular flexibility index (Phi) is 5.04. The molecule has 2 aromatic rings. The third-order valence-electron chi connectivity index (χ3n) is 2.94. The molecule has 122 valence electrons. The number of nitrogens with zero attached hydrogens (tertiary/aromatic N) is 2. The zero-order valence-electron chi connectivity index (χ0n) is 11.5. The summed E-state index contributed by atoms with van der Waals surface area (Å²) in [6, 6.07) is 3.30. The van der Waals surface area contributed by atoms with Crippen LogP contribution in [-0.4, -0.2) is 20.7 Å². The van der Waals surface area contributed by atoms with Crippen molar-refractivity contribution < 1.29 is 17.4 Å². The first kappa shape index (κ1) is 17.8. The van der Waals surface area contributed by atoms with E-state index >= 15 is 0 Å². The predicted octanol–water partition coefficient (Wildman–Crippen LogP) is 4.15. The van der Waals surface area contributed by atoms with Crippen LogP contribution in [0.2, 0.25) is 10.0 Å². The van der Waals surface area contributed by atoms with Gasteiger partial charge in [-0.1, -0.05) is 23.2 Å². The van der Waals surface area contributed by atoms with Crippen molar-refractivity contribution in [2.75, 3.05) is 6.26 Å². The minimum atomic E-state index is -4.59. The molecule has 0 spiro atoms. The Morgan fingerprint density at radius 1 is 1.35 bits per heavy atom. The zero-order chi connectivity index (χ0) is 17.4. The Hall–Kier alpha value is -1.56. The van der Waals surface area contributed by atoms with Gasteiger partial charge in [0.1, 0.15) is 6.07 Å². The summed E-state index contributed by atoms with van der Waals surface area (Å²) in [5.41, 5.74) is -0.452. The van der Waals surface area contributed by atoms with Gasteiger partial charge in [0, 0.05) is 28.2 Å². The third kappa shape index (κ3) is 3.68. The van der Waals surface area contributed by atoms with Crippen LogP contribution in [0.5, 0.6) is 0 Å². The van der Waals surface area contributed by atoms with Crippen LogP contribution >= 0.6 is 23.2 Å². The van der Waals surface area contributed by atoms with E-state index in [-0.39, 0.29) is 38.3 Å². The maximum absolute atomic E-state index is 12.8. The molecule has 0 aliphatic heterocycles. The fourth-order valence-electron chi connectivity index (χ4n) is 1.98. The molecule has 0 saturated heterocycles. The molecule has 0 saturated carbocycles. The Morgan fingerprint density at radius 2 is 1.91 bits per heavy atom. The van der Waals surface area contributed by atoms with Crippen molar-refractivity contribution in [2.45, 2.75) is 11.9 Å². The smallest absolute Gasteiger partial charge is 0.276 e. The van der Waals surface area contributed by atoms with E-state index in [1.54, 1.807) is 0 Å². The number of hydrogen-bond donors (Lipinski definition) is 1. The highest BCUT2D eigenvalue weighted by atomic mass is 35.5. The van der Waals surface area contributed by atoms with Crippen molar-refractivity contribution in [1.29, 1.82) is 5.26 Å². The standard InChI is InChI=1S/C13H8Cl2F3N3OS/c1-23(22)5-7-10(4-19)20-21-12(7)11-8(14)2-6(3-9(11)15)13(16,17)18/h2-3H,5H2,1H3,(H,20,21). The molecule has 10 heteroatoms. The Bertz CT molecular complexity index is 804. The number of H-pyrrole nitrogens is 1. The number of aromatic nitrogens is 2. The van der Waals surface area contributed by atoms with Crippen LogP contribution in [0.25, 0.3) is 11.3 Å². The maximum Gasteiger partial charge on any atom is 0.416 e. The summed E-state index contributed by atoms with van der Waals surface area (Å²) in [6.45, 7) is 0. The van der Waals surface area contributed by atoms with Gasteiger partial charge in [0.15, 0.2) is 5.69 Å². The van der Waals surface area contributed by atoms with Gasteiger partial charge in [-0.25, -0.2) is 0 Å². The van der Waals surface area contributed by atoms with E-state index in [1.165, 1.54) is 6.26 Å². The number of hydrogen-bond acceptors (Lipinski definition) is 3. The van der Waals surface area contributed by atoms with Gasteiger partial charge in [-0.05, 0) is 12.1 Å². The van der Waals surface area contributed by atoms with Gasteiger partial charge in [-0.15, -0.1) is 0 Å². The van der Waals surface area contributed by atoms with Gasteiger partial charge < -0.3 is 0 Å². The third-order valence-corrected chi connectivity index (χ3v) is 4.23. The molecule has 1 N–H and O–H groups in total. The van der Waals surface area contributed by atoms with Crippen LogP contribution in [-0.2, 0) is 22.7 Å². The van der Waals surface area contributed by atoms with Gasteiger partial charge >= 0.3 is 6.18 Å². The summed E-state index contributed by atoms with van der Waals surface area (Å²) in [7, 11) is -1.30. The molecule has 1 unspecified atom stereocenters. The molecule has 0 aliphatic rings. The fraction of sp³-hybridized carbons (Fsp3) is 0.231. The van der Waals surface area contributed by atoms with E-state index in [4.69, 9.17) is 28.5 Å². The Morgan fingerprint density at radius 3 is 2.35 bits per heavy atom. The average molecular weight is 382 g/mol. The second-order valence-corrected chi connectivity index (χ2v) is 6.82. The van der Waals surface area contributed by atoms with Crippen LogP contribution in [0.1, 0.15) is 16.8 Å². The molecular weight excluding hydrogens is 374 g/mol. The van der Waals surface area contributed by atoms with Gasteiger partial charge in [-0.3, -0.25) is 9.31 Å².